The number of nitrogens with zero attached hydrogens (tertiary/aromatic N) is 5. The predicted molar refractivity (Wildman–Crippen MR) is 158 cm³/mol. The van der Waals surface area contributed by atoms with E-state index in [0.717, 1.165) is 40.7 Å². The van der Waals surface area contributed by atoms with Crippen LogP contribution in [0.5, 0.6) is 5.75 Å². The van der Waals surface area contributed by atoms with Crippen molar-refractivity contribution in [1.29, 1.82) is 5.26 Å². The first-order valence-electron chi connectivity index (χ1n) is 13.7. The molecule has 2 aromatic heterocycles. The van der Waals surface area contributed by atoms with Gasteiger partial charge in [-0.15, -0.1) is 0 Å². The van der Waals surface area contributed by atoms with Crippen molar-refractivity contribution < 1.29 is 14.3 Å². The van der Waals surface area contributed by atoms with Crippen LogP contribution in [0.3, 0.4) is 0 Å². The molecule has 2 N–H and O–H groups in total. The molecule has 6 rings (SSSR count). The number of rotatable bonds is 8. The van der Waals surface area contributed by atoms with Crippen LogP contribution in [-0.4, -0.2) is 53.9 Å². The monoisotopic (exact) mass is 549 g/mol. The number of amides is 1. The standard InChI is InChI=1S/C31H31N7O3/c1-37-19-23(22-5-3-4-6-27(22)37)24-9-10-33-31(35-24)36-26-16-25(34-30(39)21(18-32)15-20-7-8-20)28(17-29(26)40-2)38-11-13-41-14-12-38/h3-6,9-10,15-17,19-20H,7-8,11-14H2,1-2H3,(H,34,39)(H,33,35,36). The van der Waals surface area contributed by atoms with Crippen LogP contribution in [0, 0.1) is 17.2 Å². The number of nitriles is 1. The molecule has 1 saturated heterocycles. The number of anilines is 4. The molecule has 0 spiro atoms. The van der Waals surface area contributed by atoms with Gasteiger partial charge < -0.3 is 29.6 Å². The van der Waals surface area contributed by atoms with Gasteiger partial charge in [-0.3, -0.25) is 4.79 Å². The van der Waals surface area contributed by atoms with Crippen LogP contribution >= 0.6 is 0 Å². The number of aromatic nitrogens is 3. The number of methoxy groups -OCH3 is 1. The number of aryl methyl sites for hydroxylation is 1. The Morgan fingerprint density at radius 3 is 2.73 bits per heavy atom. The molecule has 2 fully saturated rings. The first kappa shape index (κ1) is 26.3. The van der Waals surface area contributed by atoms with Gasteiger partial charge in [-0.25, -0.2) is 9.97 Å². The molecule has 10 nitrogen and oxygen atoms in total. The van der Waals surface area contributed by atoms with E-state index < -0.39 is 5.91 Å². The molecule has 1 saturated carbocycles. The smallest absolute Gasteiger partial charge is 0.266 e. The van der Waals surface area contributed by atoms with Gasteiger partial charge >= 0.3 is 0 Å². The highest BCUT2D eigenvalue weighted by Crippen LogP contribution is 2.39. The fourth-order valence-electron chi connectivity index (χ4n) is 5.09. The molecule has 4 aromatic rings. The van der Waals surface area contributed by atoms with Gasteiger partial charge in [0.05, 0.1) is 43.1 Å². The number of allylic oxidation sites excluding steroid dienone is 1. The highest BCUT2D eigenvalue weighted by Gasteiger charge is 2.24. The maximum Gasteiger partial charge on any atom is 0.266 e. The molecule has 0 unspecified atom stereocenters. The summed E-state index contributed by atoms with van der Waals surface area (Å²) in [4.78, 5) is 24.6. The zero-order valence-corrected chi connectivity index (χ0v) is 23.1. The summed E-state index contributed by atoms with van der Waals surface area (Å²) in [6.45, 7) is 2.49. The van der Waals surface area contributed by atoms with E-state index in [2.05, 4.69) is 49.5 Å². The number of carbonyl (C=O) groups is 1. The normalized spacial score (nSPS) is 15.4. The average Bonchev–Trinajstić information content (AvgIpc) is 3.77. The quantitative estimate of drug-likeness (QED) is 0.232. The number of hydrogen-bond acceptors (Lipinski definition) is 8. The molecular weight excluding hydrogens is 518 g/mol. The number of benzene rings is 2. The van der Waals surface area contributed by atoms with E-state index in [4.69, 9.17) is 14.5 Å². The second kappa shape index (κ2) is 11.3. The van der Waals surface area contributed by atoms with E-state index in [1.807, 2.05) is 37.4 Å². The molecule has 208 valence electrons. The van der Waals surface area contributed by atoms with Crippen molar-refractivity contribution in [2.45, 2.75) is 12.8 Å². The third-order valence-corrected chi connectivity index (χ3v) is 7.38. The summed E-state index contributed by atoms with van der Waals surface area (Å²) in [5.74, 6) is 0.821. The van der Waals surface area contributed by atoms with Crippen LogP contribution in [0.4, 0.5) is 23.0 Å². The van der Waals surface area contributed by atoms with Crippen LogP contribution in [0.2, 0.25) is 0 Å². The number of para-hydroxylation sites is 1. The third kappa shape index (κ3) is 5.58. The van der Waals surface area contributed by atoms with E-state index >= 15 is 0 Å². The Hall–Kier alpha value is -4.88. The third-order valence-electron chi connectivity index (χ3n) is 7.38. The Bertz CT molecular complexity index is 1680. The summed E-state index contributed by atoms with van der Waals surface area (Å²) >= 11 is 0. The van der Waals surface area contributed by atoms with E-state index in [0.29, 0.717) is 55.3 Å². The van der Waals surface area contributed by atoms with Crippen LogP contribution in [0.25, 0.3) is 22.2 Å². The zero-order chi connectivity index (χ0) is 28.3. The summed E-state index contributed by atoms with van der Waals surface area (Å²) in [5, 5.41) is 17.0. The number of hydrogen-bond donors (Lipinski definition) is 2. The Morgan fingerprint density at radius 1 is 1.17 bits per heavy atom. The van der Waals surface area contributed by atoms with Gasteiger partial charge in [0, 0.05) is 55.1 Å². The van der Waals surface area contributed by atoms with Gasteiger partial charge in [0.1, 0.15) is 17.4 Å². The molecule has 2 aromatic carbocycles. The molecule has 1 aliphatic heterocycles. The number of nitrogens with one attached hydrogen (secondary N) is 2. The lowest BCUT2D eigenvalue weighted by molar-refractivity contribution is -0.112. The van der Waals surface area contributed by atoms with Crippen molar-refractivity contribution in [2.24, 2.45) is 13.0 Å². The molecule has 0 atom stereocenters. The molecule has 1 amide bonds. The van der Waals surface area contributed by atoms with Gasteiger partial charge in [-0.1, -0.05) is 24.3 Å². The van der Waals surface area contributed by atoms with Gasteiger partial charge in [0.2, 0.25) is 5.95 Å². The number of ether oxygens (including phenoxy) is 2. The summed E-state index contributed by atoms with van der Waals surface area (Å²) < 4.78 is 13.4. The van der Waals surface area contributed by atoms with Crippen LogP contribution < -0.4 is 20.3 Å². The number of fused-ring (bicyclic) bond motifs is 1. The van der Waals surface area contributed by atoms with Crippen molar-refractivity contribution >= 4 is 39.8 Å². The lowest BCUT2D eigenvalue weighted by Gasteiger charge is -2.31. The molecule has 3 heterocycles. The van der Waals surface area contributed by atoms with Crippen LogP contribution in [-0.2, 0) is 16.6 Å². The minimum absolute atomic E-state index is 0.122. The largest absolute Gasteiger partial charge is 0.494 e. The van der Waals surface area contributed by atoms with E-state index in [1.165, 1.54) is 0 Å². The van der Waals surface area contributed by atoms with Crippen molar-refractivity contribution in [2.75, 3.05) is 48.9 Å². The molecule has 2 aliphatic rings. The fraction of sp³-hybridized carbons (Fsp3) is 0.290. The first-order chi connectivity index (χ1) is 20.0. The van der Waals surface area contributed by atoms with Crippen molar-refractivity contribution in [3.8, 4) is 23.1 Å². The molecular formula is C31H31N7O3. The predicted octanol–water partition coefficient (Wildman–Crippen LogP) is 5.02. The molecule has 0 bridgehead atoms. The van der Waals surface area contributed by atoms with Crippen LogP contribution in [0.15, 0.2) is 66.5 Å². The zero-order valence-electron chi connectivity index (χ0n) is 23.1. The van der Waals surface area contributed by atoms with Gasteiger partial charge in [0.15, 0.2) is 0 Å². The van der Waals surface area contributed by atoms with Crippen LogP contribution in [0.1, 0.15) is 12.8 Å². The van der Waals surface area contributed by atoms with E-state index in [-0.39, 0.29) is 5.57 Å². The van der Waals surface area contributed by atoms with Crippen molar-refractivity contribution in [3.05, 3.63) is 66.5 Å². The second-order valence-electron chi connectivity index (χ2n) is 10.2. The summed E-state index contributed by atoms with van der Waals surface area (Å²) in [5.41, 5.74) is 4.95. The lowest BCUT2D eigenvalue weighted by Crippen LogP contribution is -2.36. The Kier molecular flexibility index (Phi) is 7.27. The average molecular weight is 550 g/mol. The Morgan fingerprint density at radius 2 is 1.98 bits per heavy atom. The second-order valence-corrected chi connectivity index (χ2v) is 10.2. The van der Waals surface area contributed by atoms with Gasteiger partial charge in [-0.2, -0.15) is 5.26 Å². The highest BCUT2D eigenvalue weighted by atomic mass is 16.5. The maximum absolute atomic E-state index is 13.2. The topological polar surface area (TPSA) is 117 Å². The van der Waals surface area contributed by atoms with E-state index in [1.54, 1.807) is 19.4 Å². The summed E-state index contributed by atoms with van der Waals surface area (Å²) in [6, 6.07) is 15.8. The van der Waals surface area contributed by atoms with Gasteiger partial charge in [0.25, 0.3) is 5.91 Å². The molecule has 10 heteroatoms. The molecule has 0 radical (unpaired) electrons. The van der Waals surface area contributed by atoms with Crippen molar-refractivity contribution in [1.82, 2.24) is 14.5 Å². The molecule has 1 aliphatic carbocycles. The lowest BCUT2D eigenvalue weighted by atomic mass is 10.1. The highest BCUT2D eigenvalue weighted by molar-refractivity contribution is 6.08. The molecule has 41 heavy (non-hydrogen) atoms. The first-order valence-corrected chi connectivity index (χ1v) is 13.7. The van der Waals surface area contributed by atoms with Gasteiger partial charge in [-0.05, 0) is 37.0 Å². The van der Waals surface area contributed by atoms with Crippen molar-refractivity contribution in [3.63, 3.8) is 0 Å². The summed E-state index contributed by atoms with van der Waals surface area (Å²) in [7, 11) is 3.61. The SMILES string of the molecule is COc1cc(N2CCOCC2)c(NC(=O)C(C#N)=CC2CC2)cc1Nc1nccc(-c2cn(C)c3ccccc23)n1. The maximum atomic E-state index is 13.2. The number of morpholine rings is 1. The minimum Gasteiger partial charge on any atom is -0.494 e. The minimum atomic E-state index is -0.431. The Balaban J connectivity index is 1.36. The fourth-order valence-corrected chi connectivity index (χ4v) is 5.09. The van der Waals surface area contributed by atoms with E-state index in [9.17, 15) is 10.1 Å². The Labute approximate surface area is 238 Å². The summed E-state index contributed by atoms with van der Waals surface area (Å²) in [6.07, 6.45) is 7.55. The number of carbonyl (C=O) groups excluding carboxylic acids is 1.